The molecule has 1 aromatic heterocycles. The van der Waals surface area contributed by atoms with Crippen LogP contribution in [0.5, 0.6) is 0 Å². The van der Waals surface area contributed by atoms with Gasteiger partial charge in [-0.25, -0.2) is 0 Å². The van der Waals surface area contributed by atoms with Crippen molar-refractivity contribution < 1.29 is 4.79 Å². The fraction of sp³-hybridized carbons (Fsp3) is 0.353. The summed E-state index contributed by atoms with van der Waals surface area (Å²) in [6, 6.07) is 12.3. The van der Waals surface area contributed by atoms with E-state index in [0.717, 1.165) is 17.7 Å². The first kappa shape index (κ1) is 14.9. The van der Waals surface area contributed by atoms with Gasteiger partial charge in [-0.1, -0.05) is 30.3 Å². The Morgan fingerprint density at radius 1 is 1.20 bits per heavy atom. The summed E-state index contributed by atoms with van der Waals surface area (Å²) in [5, 5.41) is 2.08. The van der Waals surface area contributed by atoms with Crippen molar-refractivity contribution in [3.8, 4) is 0 Å². The summed E-state index contributed by atoms with van der Waals surface area (Å²) < 4.78 is 0. The van der Waals surface area contributed by atoms with Gasteiger partial charge >= 0.3 is 0 Å². The van der Waals surface area contributed by atoms with Crippen LogP contribution in [0.3, 0.4) is 0 Å². The second-order valence-electron chi connectivity index (χ2n) is 5.32. The maximum Gasteiger partial charge on any atom is 0.177 e. The Hall–Kier alpha value is -1.45. The minimum absolute atomic E-state index is 0.202. The van der Waals surface area contributed by atoms with E-state index >= 15 is 0 Å². The summed E-state index contributed by atoms with van der Waals surface area (Å²) in [5.74, 6) is 0.202. The molecular formula is C17H21NOS. The van der Waals surface area contributed by atoms with Crippen LogP contribution >= 0.6 is 11.3 Å². The Labute approximate surface area is 125 Å². The van der Waals surface area contributed by atoms with Crippen LogP contribution in [0.1, 0.15) is 34.6 Å². The van der Waals surface area contributed by atoms with Crippen LogP contribution in [0, 0.1) is 6.92 Å². The molecule has 1 aromatic carbocycles. The number of carbonyl (C=O) groups excluding carboxylic acids is 1. The molecule has 0 aliphatic carbocycles. The third-order valence-corrected chi connectivity index (χ3v) is 4.32. The molecule has 106 valence electrons. The van der Waals surface area contributed by atoms with Gasteiger partial charge in [-0.2, -0.15) is 0 Å². The minimum Gasteiger partial charge on any atom is -0.293 e. The Morgan fingerprint density at radius 2 is 1.95 bits per heavy atom. The van der Waals surface area contributed by atoms with Crippen molar-refractivity contribution in [2.45, 2.75) is 33.4 Å². The number of hydrogen-bond acceptors (Lipinski definition) is 3. The summed E-state index contributed by atoms with van der Waals surface area (Å²) in [6.45, 7) is 7.58. The van der Waals surface area contributed by atoms with Crippen molar-refractivity contribution in [2.75, 3.05) is 6.54 Å². The van der Waals surface area contributed by atoms with Crippen molar-refractivity contribution in [2.24, 2.45) is 0 Å². The molecule has 0 aliphatic heterocycles. The zero-order valence-corrected chi connectivity index (χ0v) is 13.1. The molecule has 20 heavy (non-hydrogen) atoms. The second-order valence-corrected chi connectivity index (χ2v) is 6.35. The number of carbonyl (C=O) groups is 1. The Kier molecular flexibility index (Phi) is 5.10. The second kappa shape index (κ2) is 6.82. The number of rotatable bonds is 6. The first-order valence-corrected chi connectivity index (χ1v) is 7.81. The number of benzene rings is 1. The summed E-state index contributed by atoms with van der Waals surface area (Å²) >= 11 is 1.74. The van der Waals surface area contributed by atoms with E-state index in [1.165, 1.54) is 4.88 Å². The average Bonchev–Trinajstić information content (AvgIpc) is 2.91. The SMILES string of the molecule is Cc1ccccc1C(=O)CN(Cc1cccs1)C(C)C. The van der Waals surface area contributed by atoms with Gasteiger partial charge in [0.15, 0.2) is 5.78 Å². The topological polar surface area (TPSA) is 20.3 Å². The largest absolute Gasteiger partial charge is 0.293 e. The number of nitrogens with zero attached hydrogens (tertiary/aromatic N) is 1. The summed E-state index contributed by atoms with van der Waals surface area (Å²) in [6.07, 6.45) is 0. The number of thiophene rings is 1. The predicted molar refractivity (Wildman–Crippen MR) is 85.4 cm³/mol. The number of aryl methyl sites for hydroxylation is 1. The van der Waals surface area contributed by atoms with Gasteiger partial charge in [0.1, 0.15) is 0 Å². The van der Waals surface area contributed by atoms with E-state index in [2.05, 4.69) is 36.3 Å². The summed E-state index contributed by atoms with van der Waals surface area (Å²) in [7, 11) is 0. The molecule has 2 aromatic rings. The Bertz CT molecular complexity index is 560. The average molecular weight is 287 g/mol. The van der Waals surface area contributed by atoms with Crippen LogP contribution < -0.4 is 0 Å². The van der Waals surface area contributed by atoms with Crippen LogP contribution in [0.2, 0.25) is 0 Å². The van der Waals surface area contributed by atoms with Crippen LogP contribution in [0.4, 0.5) is 0 Å². The zero-order chi connectivity index (χ0) is 14.5. The lowest BCUT2D eigenvalue weighted by molar-refractivity contribution is 0.0898. The normalized spacial score (nSPS) is 11.2. The monoisotopic (exact) mass is 287 g/mol. The highest BCUT2D eigenvalue weighted by Gasteiger charge is 2.17. The molecule has 0 fully saturated rings. The molecule has 0 unspecified atom stereocenters. The molecule has 0 spiro atoms. The minimum atomic E-state index is 0.202. The molecule has 0 aliphatic rings. The zero-order valence-electron chi connectivity index (χ0n) is 12.3. The van der Waals surface area contributed by atoms with Gasteiger partial charge in [-0.15, -0.1) is 11.3 Å². The van der Waals surface area contributed by atoms with Crippen molar-refractivity contribution in [3.05, 3.63) is 57.8 Å². The highest BCUT2D eigenvalue weighted by molar-refractivity contribution is 7.09. The summed E-state index contributed by atoms with van der Waals surface area (Å²) in [5.41, 5.74) is 1.89. The van der Waals surface area contributed by atoms with Gasteiger partial charge in [0.25, 0.3) is 0 Å². The lowest BCUT2D eigenvalue weighted by Gasteiger charge is -2.25. The first-order chi connectivity index (χ1) is 9.58. The van der Waals surface area contributed by atoms with E-state index in [1.807, 2.05) is 31.2 Å². The number of ketones is 1. The van der Waals surface area contributed by atoms with Crippen molar-refractivity contribution >= 4 is 17.1 Å². The summed E-state index contributed by atoms with van der Waals surface area (Å²) in [4.78, 5) is 16.0. The molecule has 3 heteroatoms. The molecular weight excluding hydrogens is 266 g/mol. The van der Waals surface area contributed by atoms with Crippen LogP contribution in [0.15, 0.2) is 41.8 Å². The van der Waals surface area contributed by atoms with Gasteiger partial charge in [0.05, 0.1) is 6.54 Å². The lowest BCUT2D eigenvalue weighted by Crippen LogP contribution is -2.35. The van der Waals surface area contributed by atoms with Crippen LogP contribution in [0.25, 0.3) is 0 Å². The molecule has 0 amide bonds. The smallest absolute Gasteiger partial charge is 0.177 e. The predicted octanol–water partition coefficient (Wildman–Crippen LogP) is 4.15. The maximum absolute atomic E-state index is 12.5. The van der Waals surface area contributed by atoms with Crippen LogP contribution in [-0.4, -0.2) is 23.3 Å². The molecule has 2 rings (SSSR count). The van der Waals surface area contributed by atoms with E-state index in [9.17, 15) is 4.79 Å². The standard InChI is InChI=1S/C17H21NOS/c1-13(2)18(11-15-8-6-10-20-15)12-17(19)16-9-5-4-7-14(16)3/h4-10,13H,11-12H2,1-3H3. The van der Waals surface area contributed by atoms with Gasteiger partial charge in [0.2, 0.25) is 0 Å². The van der Waals surface area contributed by atoms with E-state index < -0.39 is 0 Å². The molecule has 0 saturated heterocycles. The highest BCUT2D eigenvalue weighted by Crippen LogP contribution is 2.15. The fourth-order valence-corrected chi connectivity index (χ4v) is 2.91. The lowest BCUT2D eigenvalue weighted by atomic mass is 10.0. The van der Waals surface area contributed by atoms with E-state index in [-0.39, 0.29) is 5.78 Å². The third-order valence-electron chi connectivity index (χ3n) is 3.46. The molecule has 0 radical (unpaired) electrons. The van der Waals surface area contributed by atoms with Crippen molar-refractivity contribution in [3.63, 3.8) is 0 Å². The van der Waals surface area contributed by atoms with Gasteiger partial charge in [-0.05, 0) is 37.8 Å². The maximum atomic E-state index is 12.5. The molecule has 0 N–H and O–H groups in total. The first-order valence-electron chi connectivity index (χ1n) is 6.93. The third kappa shape index (κ3) is 3.78. The highest BCUT2D eigenvalue weighted by atomic mass is 32.1. The van der Waals surface area contributed by atoms with Crippen molar-refractivity contribution in [1.29, 1.82) is 0 Å². The quantitative estimate of drug-likeness (QED) is 0.744. The molecule has 0 atom stereocenters. The van der Waals surface area contributed by atoms with Gasteiger partial charge in [-0.3, -0.25) is 9.69 Å². The number of hydrogen-bond donors (Lipinski definition) is 0. The molecule has 0 bridgehead atoms. The van der Waals surface area contributed by atoms with E-state index in [4.69, 9.17) is 0 Å². The fourth-order valence-electron chi connectivity index (χ4n) is 2.18. The van der Waals surface area contributed by atoms with Crippen LogP contribution in [-0.2, 0) is 6.54 Å². The Morgan fingerprint density at radius 3 is 2.55 bits per heavy atom. The van der Waals surface area contributed by atoms with E-state index in [0.29, 0.717) is 12.6 Å². The number of Topliss-reactive ketones (excluding diaryl/α,β-unsaturated/α-hetero) is 1. The van der Waals surface area contributed by atoms with Gasteiger partial charge in [0, 0.05) is 23.0 Å². The molecule has 0 saturated carbocycles. The van der Waals surface area contributed by atoms with Gasteiger partial charge < -0.3 is 0 Å². The molecule has 1 heterocycles. The van der Waals surface area contributed by atoms with Crippen molar-refractivity contribution in [1.82, 2.24) is 4.90 Å². The Balaban J connectivity index is 2.08. The van der Waals surface area contributed by atoms with E-state index in [1.54, 1.807) is 11.3 Å². The molecule has 2 nitrogen and oxygen atoms in total.